The monoisotopic (exact) mass is 254 g/mol. The van der Waals surface area contributed by atoms with Crippen LogP contribution in [-0.4, -0.2) is 11.9 Å². The first-order valence-electron chi connectivity index (χ1n) is 6.53. The van der Waals surface area contributed by atoms with Crippen LogP contribution in [0.3, 0.4) is 0 Å². The molecule has 0 aliphatic carbocycles. The zero-order valence-corrected chi connectivity index (χ0v) is 11.3. The number of aryl methyl sites for hydroxylation is 1. The second kappa shape index (κ2) is 6.19. The van der Waals surface area contributed by atoms with Crippen molar-refractivity contribution in [1.82, 2.24) is 0 Å². The van der Waals surface area contributed by atoms with Crippen molar-refractivity contribution in [1.29, 1.82) is 0 Å². The zero-order chi connectivity index (χ0) is 13.7. The fourth-order valence-corrected chi connectivity index (χ4v) is 1.96. The van der Waals surface area contributed by atoms with Crippen LogP contribution in [0.2, 0.25) is 0 Å². The summed E-state index contributed by atoms with van der Waals surface area (Å²) in [7, 11) is 0. The Morgan fingerprint density at radius 1 is 1.11 bits per heavy atom. The molecule has 98 valence electrons. The van der Waals surface area contributed by atoms with Crippen LogP contribution >= 0.6 is 0 Å². The van der Waals surface area contributed by atoms with E-state index in [0.717, 1.165) is 11.3 Å². The van der Waals surface area contributed by atoms with Crippen LogP contribution in [0.15, 0.2) is 54.6 Å². The van der Waals surface area contributed by atoms with Crippen molar-refractivity contribution in [3.63, 3.8) is 0 Å². The van der Waals surface area contributed by atoms with Gasteiger partial charge in [-0.3, -0.25) is 4.79 Å². The molecule has 0 fully saturated rings. The Bertz CT molecular complexity index is 546. The predicted molar refractivity (Wildman–Crippen MR) is 76.7 cm³/mol. The molecule has 0 aliphatic heterocycles. The maximum Gasteiger partial charge on any atom is 0.203 e. The number of ketones is 1. The largest absolute Gasteiger partial charge is 0.482 e. The van der Waals surface area contributed by atoms with Gasteiger partial charge in [-0.05, 0) is 31.0 Å². The van der Waals surface area contributed by atoms with Crippen molar-refractivity contribution >= 4 is 5.78 Å². The summed E-state index contributed by atoms with van der Waals surface area (Å²) < 4.78 is 5.81. The molecule has 2 aromatic rings. The van der Waals surface area contributed by atoms with Crippen molar-refractivity contribution in [2.24, 2.45) is 0 Å². The summed E-state index contributed by atoms with van der Waals surface area (Å²) in [6.07, 6.45) is 0.228. The summed E-state index contributed by atoms with van der Waals surface area (Å²) in [5.41, 5.74) is 1.82. The van der Waals surface area contributed by atoms with Gasteiger partial charge < -0.3 is 4.74 Å². The first-order valence-corrected chi connectivity index (χ1v) is 6.53. The predicted octanol–water partition coefficient (Wildman–Crippen LogP) is 4.04. The number of rotatable bonds is 5. The van der Waals surface area contributed by atoms with Gasteiger partial charge >= 0.3 is 0 Å². The molecular weight excluding hydrogens is 236 g/mol. The number of hydrogen-bond acceptors (Lipinski definition) is 2. The summed E-state index contributed by atoms with van der Waals surface area (Å²) in [4.78, 5) is 12.3. The van der Waals surface area contributed by atoms with E-state index >= 15 is 0 Å². The summed E-state index contributed by atoms with van der Waals surface area (Å²) in [6, 6.07) is 17.1. The van der Waals surface area contributed by atoms with Crippen LogP contribution < -0.4 is 4.74 Å². The van der Waals surface area contributed by atoms with Crippen LogP contribution in [0.1, 0.15) is 29.3 Å². The maximum atomic E-state index is 12.3. The highest BCUT2D eigenvalue weighted by Crippen LogP contribution is 2.17. The first kappa shape index (κ1) is 13.3. The molecule has 0 spiro atoms. The van der Waals surface area contributed by atoms with E-state index in [-0.39, 0.29) is 5.78 Å². The molecule has 0 N–H and O–H groups in total. The SMILES string of the molecule is CCC(Oc1cccc(C)c1)C(=O)c1ccccc1. The molecule has 0 aliphatic rings. The van der Waals surface area contributed by atoms with E-state index < -0.39 is 6.10 Å². The summed E-state index contributed by atoms with van der Waals surface area (Å²) in [5.74, 6) is 0.778. The second-order valence-electron chi connectivity index (χ2n) is 4.56. The van der Waals surface area contributed by atoms with E-state index in [0.29, 0.717) is 12.0 Å². The zero-order valence-electron chi connectivity index (χ0n) is 11.3. The Hall–Kier alpha value is -2.09. The quantitative estimate of drug-likeness (QED) is 0.753. The fourth-order valence-electron chi connectivity index (χ4n) is 1.96. The van der Waals surface area contributed by atoms with Crippen molar-refractivity contribution in [3.8, 4) is 5.75 Å². The summed E-state index contributed by atoms with van der Waals surface area (Å²) in [5, 5.41) is 0. The molecule has 0 radical (unpaired) electrons. The van der Waals surface area contributed by atoms with Gasteiger partial charge in [0.15, 0.2) is 6.10 Å². The second-order valence-corrected chi connectivity index (χ2v) is 4.56. The van der Waals surface area contributed by atoms with Gasteiger partial charge in [0, 0.05) is 5.56 Å². The van der Waals surface area contributed by atoms with E-state index in [1.54, 1.807) is 0 Å². The highest BCUT2D eigenvalue weighted by Gasteiger charge is 2.19. The molecule has 2 rings (SSSR count). The minimum Gasteiger partial charge on any atom is -0.482 e. The average Bonchev–Trinajstić information content (AvgIpc) is 2.45. The molecule has 2 aromatic carbocycles. The van der Waals surface area contributed by atoms with Crippen LogP contribution in [-0.2, 0) is 0 Å². The van der Waals surface area contributed by atoms with E-state index in [2.05, 4.69) is 0 Å². The van der Waals surface area contributed by atoms with E-state index in [4.69, 9.17) is 4.74 Å². The van der Waals surface area contributed by atoms with Gasteiger partial charge in [0.2, 0.25) is 5.78 Å². The fraction of sp³-hybridized carbons (Fsp3) is 0.235. The Morgan fingerprint density at radius 2 is 1.84 bits per heavy atom. The Labute approximate surface area is 114 Å². The summed E-state index contributed by atoms with van der Waals surface area (Å²) in [6.45, 7) is 3.97. The van der Waals surface area contributed by atoms with E-state index in [1.807, 2.05) is 68.4 Å². The molecule has 0 saturated heterocycles. The van der Waals surface area contributed by atoms with Crippen molar-refractivity contribution in [2.75, 3.05) is 0 Å². The van der Waals surface area contributed by atoms with Gasteiger partial charge in [0.1, 0.15) is 5.75 Å². The highest BCUT2D eigenvalue weighted by molar-refractivity contribution is 5.99. The van der Waals surface area contributed by atoms with Crippen LogP contribution in [0.5, 0.6) is 5.75 Å². The van der Waals surface area contributed by atoms with Crippen molar-refractivity contribution in [3.05, 3.63) is 65.7 Å². The molecular formula is C17H18O2. The first-order chi connectivity index (χ1) is 9.20. The normalized spacial score (nSPS) is 11.9. The molecule has 0 aromatic heterocycles. The van der Waals surface area contributed by atoms with Crippen molar-refractivity contribution in [2.45, 2.75) is 26.4 Å². The number of Topliss-reactive ketones (excluding diaryl/α,β-unsaturated/α-hetero) is 1. The minimum atomic E-state index is -0.427. The molecule has 2 heteroatoms. The van der Waals surface area contributed by atoms with Crippen LogP contribution in [0.4, 0.5) is 0 Å². The number of ether oxygens (including phenoxy) is 1. The standard InChI is InChI=1S/C17H18O2/c1-3-16(17(18)14-9-5-4-6-10-14)19-15-11-7-8-13(2)12-15/h4-12,16H,3H2,1-2H3. The lowest BCUT2D eigenvalue weighted by Gasteiger charge is -2.16. The molecule has 0 bridgehead atoms. The van der Waals surface area contributed by atoms with Gasteiger partial charge in [-0.25, -0.2) is 0 Å². The third-order valence-corrected chi connectivity index (χ3v) is 2.99. The van der Waals surface area contributed by atoms with E-state index in [9.17, 15) is 4.79 Å². The molecule has 1 unspecified atom stereocenters. The molecule has 0 saturated carbocycles. The average molecular weight is 254 g/mol. The molecule has 0 heterocycles. The van der Waals surface area contributed by atoms with Gasteiger partial charge in [-0.1, -0.05) is 49.4 Å². The lowest BCUT2D eigenvalue weighted by molar-refractivity contribution is 0.0786. The minimum absolute atomic E-state index is 0.0320. The Balaban J connectivity index is 2.15. The number of carbonyl (C=O) groups excluding carboxylic acids is 1. The molecule has 19 heavy (non-hydrogen) atoms. The Kier molecular flexibility index (Phi) is 4.35. The van der Waals surface area contributed by atoms with Gasteiger partial charge in [0.25, 0.3) is 0 Å². The number of carbonyl (C=O) groups is 1. The summed E-state index contributed by atoms with van der Waals surface area (Å²) >= 11 is 0. The third-order valence-electron chi connectivity index (χ3n) is 2.99. The van der Waals surface area contributed by atoms with E-state index in [1.165, 1.54) is 0 Å². The van der Waals surface area contributed by atoms with Crippen molar-refractivity contribution < 1.29 is 9.53 Å². The molecule has 2 nitrogen and oxygen atoms in total. The maximum absolute atomic E-state index is 12.3. The third kappa shape index (κ3) is 3.44. The van der Waals surface area contributed by atoms with Gasteiger partial charge in [-0.15, -0.1) is 0 Å². The molecule has 0 amide bonds. The topological polar surface area (TPSA) is 26.3 Å². The lowest BCUT2D eigenvalue weighted by Crippen LogP contribution is -2.26. The molecule has 1 atom stereocenters. The highest BCUT2D eigenvalue weighted by atomic mass is 16.5. The smallest absolute Gasteiger partial charge is 0.203 e. The van der Waals surface area contributed by atoms with Gasteiger partial charge in [-0.2, -0.15) is 0 Å². The Morgan fingerprint density at radius 3 is 2.47 bits per heavy atom. The number of hydrogen-bond donors (Lipinski definition) is 0. The lowest BCUT2D eigenvalue weighted by atomic mass is 10.0. The van der Waals surface area contributed by atoms with Gasteiger partial charge in [0.05, 0.1) is 0 Å². The number of benzene rings is 2. The van der Waals surface area contributed by atoms with Crippen LogP contribution in [0, 0.1) is 6.92 Å². The van der Waals surface area contributed by atoms with Crippen LogP contribution in [0.25, 0.3) is 0 Å².